The summed E-state index contributed by atoms with van der Waals surface area (Å²) in [5.41, 5.74) is 0.982. The van der Waals surface area contributed by atoms with Gasteiger partial charge in [-0.2, -0.15) is 0 Å². The Bertz CT molecular complexity index is 285. The quantitative estimate of drug-likeness (QED) is 0.740. The number of hydrogen-bond donors (Lipinski definition) is 2. The summed E-state index contributed by atoms with van der Waals surface area (Å²) in [5, 5.41) is 11.4. The minimum Gasteiger partial charge on any atom is -0.394 e. The molecule has 0 fully saturated rings. The van der Waals surface area contributed by atoms with Crippen LogP contribution in [0.15, 0.2) is 30.3 Å². The zero-order chi connectivity index (χ0) is 10.4. The van der Waals surface area contributed by atoms with Gasteiger partial charge in [-0.25, -0.2) is 0 Å². The zero-order valence-corrected chi connectivity index (χ0v) is 8.23. The lowest BCUT2D eigenvalue weighted by Gasteiger charge is -2.10. The summed E-state index contributed by atoms with van der Waals surface area (Å²) in [6.07, 6.45) is 0.366. The Morgan fingerprint density at radius 1 is 1.43 bits per heavy atom. The van der Waals surface area contributed by atoms with Crippen LogP contribution in [0.25, 0.3) is 0 Å². The molecule has 0 saturated carbocycles. The van der Waals surface area contributed by atoms with Crippen LogP contribution in [-0.2, 0) is 11.2 Å². The van der Waals surface area contributed by atoms with Crippen LogP contribution in [0, 0.1) is 0 Å². The van der Waals surface area contributed by atoms with Gasteiger partial charge in [0.05, 0.1) is 13.0 Å². The molecule has 14 heavy (non-hydrogen) atoms. The highest BCUT2D eigenvalue weighted by atomic mass is 16.3. The molecule has 0 bridgehead atoms. The molecule has 0 radical (unpaired) electrons. The van der Waals surface area contributed by atoms with Crippen molar-refractivity contribution in [3.8, 4) is 0 Å². The molecule has 1 atom stereocenters. The van der Waals surface area contributed by atoms with Crippen LogP contribution in [0.3, 0.4) is 0 Å². The third kappa shape index (κ3) is 3.58. The van der Waals surface area contributed by atoms with Crippen molar-refractivity contribution in [1.29, 1.82) is 0 Å². The third-order valence-electron chi connectivity index (χ3n) is 1.89. The SMILES string of the molecule is C[C@H](CO)NC(=O)Cc1ccccc1. The van der Waals surface area contributed by atoms with Gasteiger partial charge in [0.1, 0.15) is 0 Å². The number of amides is 1. The Labute approximate surface area is 83.8 Å². The van der Waals surface area contributed by atoms with Crippen molar-refractivity contribution in [2.45, 2.75) is 19.4 Å². The molecule has 3 heteroatoms. The van der Waals surface area contributed by atoms with E-state index in [1.165, 1.54) is 0 Å². The molecule has 0 heterocycles. The smallest absolute Gasteiger partial charge is 0.224 e. The first-order valence-corrected chi connectivity index (χ1v) is 4.66. The van der Waals surface area contributed by atoms with Crippen molar-refractivity contribution >= 4 is 5.91 Å². The fraction of sp³-hybridized carbons (Fsp3) is 0.364. The fourth-order valence-corrected chi connectivity index (χ4v) is 1.15. The molecule has 0 unspecified atom stereocenters. The van der Waals surface area contributed by atoms with Gasteiger partial charge in [0, 0.05) is 6.04 Å². The van der Waals surface area contributed by atoms with E-state index in [-0.39, 0.29) is 18.6 Å². The molecule has 3 nitrogen and oxygen atoms in total. The average Bonchev–Trinajstić information content (AvgIpc) is 2.19. The molecule has 0 aliphatic carbocycles. The lowest BCUT2D eigenvalue weighted by Crippen LogP contribution is -2.35. The van der Waals surface area contributed by atoms with Crippen LogP contribution in [0.4, 0.5) is 0 Å². The van der Waals surface area contributed by atoms with Gasteiger partial charge in [-0.3, -0.25) is 4.79 Å². The van der Waals surface area contributed by atoms with E-state index in [1.807, 2.05) is 30.3 Å². The number of aliphatic hydroxyl groups excluding tert-OH is 1. The summed E-state index contributed by atoms with van der Waals surface area (Å²) >= 11 is 0. The third-order valence-corrected chi connectivity index (χ3v) is 1.89. The standard InChI is InChI=1S/C11H15NO2/c1-9(8-13)12-11(14)7-10-5-3-2-4-6-10/h2-6,9,13H,7-8H2,1H3,(H,12,14)/t9-/m1/s1. The predicted molar refractivity (Wildman–Crippen MR) is 54.8 cm³/mol. The topological polar surface area (TPSA) is 49.3 Å². The van der Waals surface area contributed by atoms with Gasteiger partial charge >= 0.3 is 0 Å². The number of carbonyl (C=O) groups excluding carboxylic acids is 1. The van der Waals surface area contributed by atoms with Crippen molar-refractivity contribution in [2.75, 3.05) is 6.61 Å². The van der Waals surface area contributed by atoms with Crippen molar-refractivity contribution in [3.05, 3.63) is 35.9 Å². The second kappa shape index (κ2) is 5.40. The number of carbonyl (C=O) groups is 1. The first-order valence-electron chi connectivity index (χ1n) is 4.66. The Balaban J connectivity index is 2.42. The molecule has 76 valence electrons. The number of aliphatic hydroxyl groups is 1. The van der Waals surface area contributed by atoms with E-state index in [9.17, 15) is 4.79 Å². The molecule has 1 amide bonds. The van der Waals surface area contributed by atoms with Crippen LogP contribution in [0.5, 0.6) is 0 Å². The maximum absolute atomic E-state index is 11.4. The molecule has 0 spiro atoms. The Hall–Kier alpha value is -1.35. The van der Waals surface area contributed by atoms with Gasteiger partial charge in [-0.1, -0.05) is 30.3 Å². The van der Waals surface area contributed by atoms with E-state index < -0.39 is 0 Å². The normalized spacial score (nSPS) is 12.1. The van der Waals surface area contributed by atoms with Crippen LogP contribution < -0.4 is 5.32 Å². The fourth-order valence-electron chi connectivity index (χ4n) is 1.15. The monoisotopic (exact) mass is 193 g/mol. The first kappa shape index (κ1) is 10.7. The van der Waals surface area contributed by atoms with E-state index in [2.05, 4.69) is 5.32 Å². The number of benzene rings is 1. The van der Waals surface area contributed by atoms with Crippen LogP contribution in [-0.4, -0.2) is 23.7 Å². The van der Waals surface area contributed by atoms with E-state index >= 15 is 0 Å². The average molecular weight is 193 g/mol. The zero-order valence-electron chi connectivity index (χ0n) is 8.23. The molecule has 1 rings (SSSR count). The van der Waals surface area contributed by atoms with Gasteiger partial charge in [-0.05, 0) is 12.5 Å². The largest absolute Gasteiger partial charge is 0.394 e. The van der Waals surface area contributed by atoms with Gasteiger partial charge in [0.2, 0.25) is 5.91 Å². The van der Waals surface area contributed by atoms with Crippen LogP contribution in [0.1, 0.15) is 12.5 Å². The van der Waals surface area contributed by atoms with Crippen molar-refractivity contribution in [1.82, 2.24) is 5.32 Å². The number of hydrogen-bond acceptors (Lipinski definition) is 2. The van der Waals surface area contributed by atoms with Gasteiger partial charge < -0.3 is 10.4 Å². The summed E-state index contributed by atoms with van der Waals surface area (Å²) in [5.74, 6) is -0.0576. The van der Waals surface area contributed by atoms with E-state index in [4.69, 9.17) is 5.11 Å². The van der Waals surface area contributed by atoms with Crippen molar-refractivity contribution in [3.63, 3.8) is 0 Å². The maximum Gasteiger partial charge on any atom is 0.224 e. The van der Waals surface area contributed by atoms with Crippen LogP contribution >= 0.6 is 0 Å². The molecule has 2 N–H and O–H groups in total. The molecule has 1 aromatic carbocycles. The molecular formula is C11H15NO2. The van der Waals surface area contributed by atoms with Gasteiger partial charge in [-0.15, -0.1) is 0 Å². The maximum atomic E-state index is 11.4. The lowest BCUT2D eigenvalue weighted by atomic mass is 10.1. The van der Waals surface area contributed by atoms with Crippen molar-refractivity contribution in [2.24, 2.45) is 0 Å². The molecule has 0 saturated heterocycles. The molecule has 0 aromatic heterocycles. The summed E-state index contributed by atoms with van der Waals surface area (Å²) in [7, 11) is 0. The van der Waals surface area contributed by atoms with E-state index in [0.717, 1.165) is 5.56 Å². The van der Waals surface area contributed by atoms with Crippen LogP contribution in [0.2, 0.25) is 0 Å². The Morgan fingerprint density at radius 2 is 2.07 bits per heavy atom. The summed E-state index contributed by atoms with van der Waals surface area (Å²) in [6.45, 7) is 1.74. The van der Waals surface area contributed by atoms with E-state index in [0.29, 0.717) is 6.42 Å². The lowest BCUT2D eigenvalue weighted by molar-refractivity contribution is -0.121. The number of nitrogens with one attached hydrogen (secondary N) is 1. The molecule has 0 aliphatic heterocycles. The van der Waals surface area contributed by atoms with Crippen molar-refractivity contribution < 1.29 is 9.90 Å². The van der Waals surface area contributed by atoms with Gasteiger partial charge in [0.25, 0.3) is 0 Å². The first-order chi connectivity index (χ1) is 6.72. The molecular weight excluding hydrogens is 178 g/mol. The highest BCUT2D eigenvalue weighted by molar-refractivity contribution is 5.78. The Kier molecular flexibility index (Phi) is 4.13. The minimum atomic E-state index is -0.175. The molecule has 0 aliphatic rings. The predicted octanol–water partition coefficient (Wildman–Crippen LogP) is 0.726. The second-order valence-corrected chi connectivity index (χ2v) is 3.31. The second-order valence-electron chi connectivity index (χ2n) is 3.31. The number of rotatable bonds is 4. The highest BCUT2D eigenvalue weighted by Crippen LogP contribution is 1.99. The van der Waals surface area contributed by atoms with Gasteiger partial charge in [0.15, 0.2) is 0 Å². The molecule has 1 aromatic rings. The van der Waals surface area contributed by atoms with E-state index in [1.54, 1.807) is 6.92 Å². The highest BCUT2D eigenvalue weighted by Gasteiger charge is 2.06. The minimum absolute atomic E-state index is 0.0273. The summed E-state index contributed by atoms with van der Waals surface area (Å²) < 4.78 is 0. The Morgan fingerprint density at radius 3 is 2.64 bits per heavy atom. The summed E-state index contributed by atoms with van der Waals surface area (Å²) in [4.78, 5) is 11.4. The summed E-state index contributed by atoms with van der Waals surface area (Å²) in [6, 6.07) is 9.35.